The van der Waals surface area contributed by atoms with Crippen LogP contribution in [0.3, 0.4) is 0 Å². The zero-order valence-electron chi connectivity index (χ0n) is 9.60. The number of rotatable bonds is 5. The quantitative estimate of drug-likeness (QED) is 0.671. The number of hydrogen-bond donors (Lipinski definition) is 2. The van der Waals surface area contributed by atoms with Crippen molar-refractivity contribution in [2.45, 2.75) is 51.7 Å². The second kappa shape index (κ2) is 7.50. The molecule has 1 unspecified atom stereocenters. The second-order valence-corrected chi connectivity index (χ2v) is 6.05. The van der Waals surface area contributed by atoms with E-state index >= 15 is 0 Å². The lowest BCUT2D eigenvalue weighted by molar-refractivity contribution is 0.134. The molecule has 0 aliphatic heterocycles. The van der Waals surface area contributed by atoms with Crippen molar-refractivity contribution in [3.63, 3.8) is 0 Å². The van der Waals surface area contributed by atoms with Crippen LogP contribution >= 0.6 is 0 Å². The van der Waals surface area contributed by atoms with Gasteiger partial charge in [-0.2, -0.15) is 0 Å². The number of nitrogens with two attached hydrogens (primary N) is 1. The van der Waals surface area contributed by atoms with Crippen LogP contribution in [0.2, 0.25) is 5.54 Å². The Kier molecular flexibility index (Phi) is 8.97. The van der Waals surface area contributed by atoms with Crippen LogP contribution in [-0.2, 0) is 4.43 Å². The van der Waals surface area contributed by atoms with Gasteiger partial charge in [0.2, 0.25) is 0 Å². The average Bonchev–Trinajstić information content (AvgIpc) is 1.96. The van der Waals surface area contributed by atoms with E-state index in [1.165, 1.54) is 6.42 Å². The summed E-state index contributed by atoms with van der Waals surface area (Å²) in [5.41, 5.74) is 6.33. The Morgan fingerprint density at radius 1 is 1.38 bits per heavy atom. The fourth-order valence-electron chi connectivity index (χ4n) is 1.01. The van der Waals surface area contributed by atoms with Gasteiger partial charge in [-0.1, -0.05) is 13.3 Å². The first-order valence-electron chi connectivity index (χ1n) is 4.83. The van der Waals surface area contributed by atoms with Crippen LogP contribution < -0.4 is 11.9 Å². The van der Waals surface area contributed by atoms with E-state index in [4.69, 9.17) is 10.2 Å². The molecule has 0 amide bonds. The van der Waals surface area contributed by atoms with E-state index < -0.39 is 0 Å². The molecule has 0 aromatic heterocycles. The highest BCUT2D eigenvalue weighted by Crippen LogP contribution is 2.16. The van der Waals surface area contributed by atoms with E-state index in [-0.39, 0.29) is 21.5 Å². The van der Waals surface area contributed by atoms with Crippen molar-refractivity contribution in [1.82, 2.24) is 6.15 Å². The summed E-state index contributed by atoms with van der Waals surface area (Å²) in [5, 5.41) is 0. The smallest absolute Gasteiger partial charge is 0.165 e. The Hall–Kier alpha value is 0.0969. The van der Waals surface area contributed by atoms with Crippen LogP contribution in [-0.4, -0.2) is 21.9 Å². The summed E-state index contributed by atoms with van der Waals surface area (Å²) in [6, 6.07) is 0. The molecule has 0 heterocycles. The zero-order valence-corrected chi connectivity index (χ0v) is 11.0. The highest BCUT2D eigenvalue weighted by atomic mass is 28.2. The van der Waals surface area contributed by atoms with Crippen molar-refractivity contribution in [1.29, 1.82) is 0 Å². The lowest BCUT2D eigenvalue weighted by Gasteiger charge is -2.23. The van der Waals surface area contributed by atoms with Crippen LogP contribution in [0.4, 0.5) is 0 Å². The zero-order chi connectivity index (χ0) is 9.61. The minimum absolute atomic E-state index is 0. The molecule has 0 radical (unpaired) electrons. The molecule has 0 rings (SSSR count). The molecule has 0 bridgehead atoms. The third kappa shape index (κ3) is 10.0. The molecule has 0 saturated carbocycles. The standard InChI is InChI=1S/C9H23NOSi.H3N/c1-5-8(6-7-10)12-11-9(2,3)4;/h8H,5-7,10,12H2,1-4H3;1H3. The molecular weight excluding hydrogens is 180 g/mol. The fourth-order valence-corrected chi connectivity index (χ4v) is 2.38. The molecular formula is C9H26N2OSi. The Morgan fingerprint density at radius 3 is 2.23 bits per heavy atom. The maximum atomic E-state index is 5.82. The van der Waals surface area contributed by atoms with Crippen LogP contribution in [0.5, 0.6) is 0 Å². The topological polar surface area (TPSA) is 70.2 Å². The molecule has 0 spiro atoms. The molecule has 13 heavy (non-hydrogen) atoms. The average molecular weight is 206 g/mol. The Balaban J connectivity index is 0. The van der Waals surface area contributed by atoms with Gasteiger partial charge in [0.05, 0.1) is 0 Å². The number of hydrogen-bond acceptors (Lipinski definition) is 3. The van der Waals surface area contributed by atoms with E-state index in [9.17, 15) is 0 Å². The van der Waals surface area contributed by atoms with Gasteiger partial charge in [0.25, 0.3) is 0 Å². The highest BCUT2D eigenvalue weighted by molar-refractivity contribution is 6.29. The molecule has 1 atom stereocenters. The first kappa shape index (κ1) is 15.6. The van der Waals surface area contributed by atoms with Gasteiger partial charge in [-0.25, -0.2) is 0 Å². The van der Waals surface area contributed by atoms with Crippen molar-refractivity contribution in [3.8, 4) is 0 Å². The molecule has 3 nitrogen and oxygen atoms in total. The van der Waals surface area contributed by atoms with Crippen molar-refractivity contribution in [2.24, 2.45) is 5.73 Å². The van der Waals surface area contributed by atoms with Gasteiger partial charge >= 0.3 is 0 Å². The molecule has 82 valence electrons. The summed E-state index contributed by atoms with van der Waals surface area (Å²) < 4.78 is 5.82. The summed E-state index contributed by atoms with van der Waals surface area (Å²) >= 11 is 0. The summed E-state index contributed by atoms with van der Waals surface area (Å²) in [6.45, 7) is 9.39. The molecule has 0 saturated heterocycles. The fraction of sp³-hybridized carbons (Fsp3) is 1.00. The van der Waals surface area contributed by atoms with Gasteiger partial charge in [0, 0.05) is 5.60 Å². The summed E-state index contributed by atoms with van der Waals surface area (Å²) in [5.74, 6) is 0. The van der Waals surface area contributed by atoms with Crippen LogP contribution in [0.25, 0.3) is 0 Å². The Labute approximate surface area is 84.9 Å². The second-order valence-electron chi connectivity index (χ2n) is 4.28. The van der Waals surface area contributed by atoms with E-state index in [1.807, 2.05) is 0 Å². The molecule has 0 aromatic carbocycles. The normalized spacial score (nSPS) is 14.5. The van der Waals surface area contributed by atoms with Crippen LogP contribution in [0.15, 0.2) is 0 Å². The van der Waals surface area contributed by atoms with E-state index in [0.29, 0.717) is 0 Å². The van der Waals surface area contributed by atoms with Gasteiger partial charge in [0.1, 0.15) is 0 Å². The van der Waals surface area contributed by atoms with Crippen molar-refractivity contribution in [2.75, 3.05) is 6.54 Å². The molecule has 4 heteroatoms. The third-order valence-electron chi connectivity index (χ3n) is 1.90. The largest absolute Gasteiger partial charge is 0.419 e. The summed E-state index contributed by atoms with van der Waals surface area (Å²) in [7, 11) is -0.370. The third-order valence-corrected chi connectivity index (χ3v) is 4.39. The summed E-state index contributed by atoms with van der Waals surface area (Å²) in [6.07, 6.45) is 2.36. The Morgan fingerprint density at radius 2 is 1.92 bits per heavy atom. The van der Waals surface area contributed by atoms with Crippen molar-refractivity contribution >= 4 is 9.76 Å². The molecule has 0 aromatic rings. The molecule has 5 N–H and O–H groups in total. The van der Waals surface area contributed by atoms with Crippen molar-refractivity contribution in [3.05, 3.63) is 0 Å². The van der Waals surface area contributed by atoms with Gasteiger partial charge in [0.15, 0.2) is 9.76 Å². The van der Waals surface area contributed by atoms with Crippen molar-refractivity contribution < 1.29 is 4.43 Å². The SMILES string of the molecule is CCC(CCN)[SiH2]OC(C)(C)C.N. The van der Waals surface area contributed by atoms with Crippen LogP contribution in [0, 0.1) is 0 Å². The minimum atomic E-state index is -0.370. The van der Waals surface area contributed by atoms with Gasteiger partial charge in [-0.15, -0.1) is 0 Å². The van der Waals surface area contributed by atoms with Gasteiger partial charge in [-0.3, -0.25) is 0 Å². The first-order chi connectivity index (χ1) is 5.49. The minimum Gasteiger partial charge on any atom is -0.419 e. The first-order valence-corrected chi connectivity index (χ1v) is 6.23. The molecule has 0 aliphatic carbocycles. The Bertz CT molecular complexity index is 115. The van der Waals surface area contributed by atoms with Gasteiger partial charge < -0.3 is 16.3 Å². The monoisotopic (exact) mass is 206 g/mol. The van der Waals surface area contributed by atoms with E-state index in [1.54, 1.807) is 0 Å². The van der Waals surface area contributed by atoms with E-state index in [2.05, 4.69) is 27.7 Å². The molecule has 0 fully saturated rings. The summed E-state index contributed by atoms with van der Waals surface area (Å²) in [4.78, 5) is 0. The predicted molar refractivity (Wildman–Crippen MR) is 62.1 cm³/mol. The maximum absolute atomic E-state index is 5.82. The highest BCUT2D eigenvalue weighted by Gasteiger charge is 2.13. The predicted octanol–water partition coefficient (Wildman–Crippen LogP) is 1.59. The van der Waals surface area contributed by atoms with Crippen LogP contribution in [0.1, 0.15) is 40.5 Å². The molecule has 0 aliphatic rings. The lowest BCUT2D eigenvalue weighted by Crippen LogP contribution is -2.24. The van der Waals surface area contributed by atoms with Gasteiger partial charge in [-0.05, 0) is 39.3 Å². The lowest BCUT2D eigenvalue weighted by atomic mass is 10.2. The maximum Gasteiger partial charge on any atom is 0.165 e. The van der Waals surface area contributed by atoms with E-state index in [0.717, 1.165) is 18.5 Å².